The van der Waals surface area contributed by atoms with Gasteiger partial charge in [0.25, 0.3) is 0 Å². The third-order valence-corrected chi connectivity index (χ3v) is 2.13. The minimum Gasteiger partial charge on any atom is -0.497 e. The van der Waals surface area contributed by atoms with Crippen LogP contribution >= 0.6 is 12.4 Å². The fraction of sp³-hybridized carbons (Fsp3) is 0.400. The number of fused-ring (bicyclic) bond motifs is 1. The van der Waals surface area contributed by atoms with Crippen molar-refractivity contribution in [1.82, 2.24) is 0 Å². The largest absolute Gasteiger partial charge is 0.497 e. The highest BCUT2D eigenvalue weighted by Crippen LogP contribution is 2.34. The zero-order valence-corrected chi connectivity index (χ0v) is 9.25. The fourth-order valence-corrected chi connectivity index (χ4v) is 1.34. The number of rotatable bonds is 2. The van der Waals surface area contributed by atoms with Crippen molar-refractivity contribution in [1.29, 1.82) is 0 Å². The molecule has 1 aromatic rings. The predicted molar refractivity (Wildman–Crippen MR) is 59.2 cm³/mol. The van der Waals surface area contributed by atoms with Gasteiger partial charge in [-0.2, -0.15) is 0 Å². The minimum atomic E-state index is -0.0605. The molecule has 0 amide bonds. The van der Waals surface area contributed by atoms with E-state index in [-0.39, 0.29) is 18.5 Å². The Morgan fingerprint density at radius 2 is 2.27 bits per heavy atom. The van der Waals surface area contributed by atoms with E-state index in [9.17, 15) is 0 Å². The van der Waals surface area contributed by atoms with Crippen molar-refractivity contribution in [2.75, 3.05) is 20.3 Å². The SMILES string of the molecule is COc1ccc2c(c1)O[C@@H](CN)CO2.Cl. The van der Waals surface area contributed by atoms with E-state index in [1.54, 1.807) is 13.2 Å². The number of halogens is 1. The topological polar surface area (TPSA) is 53.7 Å². The van der Waals surface area contributed by atoms with Gasteiger partial charge in [-0.25, -0.2) is 0 Å². The average Bonchev–Trinajstić information content (AvgIpc) is 2.27. The molecule has 1 aliphatic rings. The Morgan fingerprint density at radius 3 is 2.93 bits per heavy atom. The molecular formula is C10H14ClNO3. The van der Waals surface area contributed by atoms with E-state index < -0.39 is 0 Å². The van der Waals surface area contributed by atoms with Crippen LogP contribution in [-0.4, -0.2) is 26.4 Å². The molecule has 0 radical (unpaired) electrons. The number of nitrogens with two attached hydrogens (primary N) is 1. The van der Waals surface area contributed by atoms with E-state index in [0.717, 1.165) is 11.5 Å². The van der Waals surface area contributed by atoms with Crippen LogP contribution in [0.25, 0.3) is 0 Å². The predicted octanol–water partition coefficient (Wildman–Crippen LogP) is 1.22. The monoisotopic (exact) mass is 231 g/mol. The van der Waals surface area contributed by atoms with Gasteiger partial charge in [0, 0.05) is 12.6 Å². The van der Waals surface area contributed by atoms with Gasteiger partial charge in [0.2, 0.25) is 0 Å². The second-order valence-electron chi connectivity index (χ2n) is 3.10. The quantitative estimate of drug-likeness (QED) is 0.832. The summed E-state index contributed by atoms with van der Waals surface area (Å²) >= 11 is 0. The van der Waals surface area contributed by atoms with Gasteiger partial charge in [-0.15, -0.1) is 12.4 Å². The molecule has 0 fully saturated rings. The molecule has 5 heteroatoms. The van der Waals surface area contributed by atoms with E-state index in [4.69, 9.17) is 19.9 Å². The summed E-state index contributed by atoms with van der Waals surface area (Å²) in [6.45, 7) is 0.965. The summed E-state index contributed by atoms with van der Waals surface area (Å²) in [4.78, 5) is 0. The Labute approximate surface area is 94.7 Å². The standard InChI is InChI=1S/C10H13NO3.ClH/c1-12-7-2-3-9-10(4-7)14-8(5-11)6-13-9;/h2-4,8H,5-6,11H2,1H3;1H/t8-;/m0./s1. The van der Waals surface area contributed by atoms with Gasteiger partial charge in [0.15, 0.2) is 11.5 Å². The van der Waals surface area contributed by atoms with Crippen molar-refractivity contribution in [2.45, 2.75) is 6.10 Å². The summed E-state index contributed by atoms with van der Waals surface area (Å²) in [6, 6.07) is 5.48. The molecule has 0 saturated carbocycles. The van der Waals surface area contributed by atoms with Crippen LogP contribution in [-0.2, 0) is 0 Å². The van der Waals surface area contributed by atoms with Crippen LogP contribution in [0.15, 0.2) is 18.2 Å². The van der Waals surface area contributed by atoms with E-state index >= 15 is 0 Å². The van der Waals surface area contributed by atoms with Crippen molar-refractivity contribution in [2.24, 2.45) is 5.73 Å². The van der Waals surface area contributed by atoms with Crippen LogP contribution in [0, 0.1) is 0 Å². The second-order valence-corrected chi connectivity index (χ2v) is 3.10. The first-order valence-electron chi connectivity index (χ1n) is 4.51. The average molecular weight is 232 g/mol. The maximum atomic E-state index is 5.59. The van der Waals surface area contributed by atoms with E-state index in [2.05, 4.69) is 0 Å². The summed E-state index contributed by atoms with van der Waals surface area (Å²) < 4.78 is 16.1. The lowest BCUT2D eigenvalue weighted by molar-refractivity contribution is 0.0964. The molecule has 1 heterocycles. The van der Waals surface area contributed by atoms with Gasteiger partial charge in [-0.05, 0) is 12.1 Å². The van der Waals surface area contributed by atoms with Crippen molar-refractivity contribution in [3.63, 3.8) is 0 Å². The molecule has 4 nitrogen and oxygen atoms in total. The minimum absolute atomic E-state index is 0. The van der Waals surface area contributed by atoms with Gasteiger partial charge in [-0.1, -0.05) is 0 Å². The molecule has 0 aliphatic carbocycles. The lowest BCUT2D eigenvalue weighted by Gasteiger charge is -2.25. The Kier molecular flexibility index (Phi) is 4.05. The summed E-state index contributed by atoms with van der Waals surface area (Å²) in [5.74, 6) is 2.20. The molecule has 2 rings (SSSR count). The molecular weight excluding hydrogens is 218 g/mol. The lowest BCUT2D eigenvalue weighted by atomic mass is 10.2. The third-order valence-electron chi connectivity index (χ3n) is 2.13. The van der Waals surface area contributed by atoms with E-state index in [0.29, 0.717) is 18.9 Å². The summed E-state index contributed by atoms with van der Waals surface area (Å²) in [6.07, 6.45) is -0.0605. The van der Waals surface area contributed by atoms with Crippen molar-refractivity contribution in [3.8, 4) is 17.2 Å². The van der Waals surface area contributed by atoms with Crippen molar-refractivity contribution >= 4 is 12.4 Å². The first kappa shape index (κ1) is 11.9. The van der Waals surface area contributed by atoms with Gasteiger partial charge < -0.3 is 19.9 Å². The summed E-state index contributed by atoms with van der Waals surface area (Å²) in [5, 5.41) is 0. The molecule has 0 bridgehead atoms. The maximum Gasteiger partial charge on any atom is 0.165 e. The second kappa shape index (κ2) is 5.09. The molecule has 1 aliphatic heterocycles. The number of hydrogen-bond donors (Lipinski definition) is 1. The molecule has 0 unspecified atom stereocenters. The highest BCUT2D eigenvalue weighted by molar-refractivity contribution is 5.85. The van der Waals surface area contributed by atoms with Gasteiger partial charge in [0.05, 0.1) is 7.11 Å². The van der Waals surface area contributed by atoms with Crippen LogP contribution in [0.3, 0.4) is 0 Å². The van der Waals surface area contributed by atoms with Gasteiger partial charge in [-0.3, -0.25) is 0 Å². The molecule has 2 N–H and O–H groups in total. The number of benzene rings is 1. The first-order valence-corrected chi connectivity index (χ1v) is 4.51. The molecule has 0 spiro atoms. The first-order chi connectivity index (χ1) is 6.83. The Balaban J connectivity index is 0.00000112. The van der Waals surface area contributed by atoms with Gasteiger partial charge >= 0.3 is 0 Å². The van der Waals surface area contributed by atoms with Crippen molar-refractivity contribution in [3.05, 3.63) is 18.2 Å². The Morgan fingerprint density at radius 1 is 1.47 bits per heavy atom. The molecule has 1 aromatic carbocycles. The number of ether oxygens (including phenoxy) is 3. The zero-order valence-electron chi connectivity index (χ0n) is 8.43. The number of hydrogen-bond acceptors (Lipinski definition) is 4. The van der Waals surface area contributed by atoms with Crippen molar-refractivity contribution < 1.29 is 14.2 Å². The van der Waals surface area contributed by atoms with E-state index in [1.165, 1.54) is 0 Å². The van der Waals surface area contributed by atoms with E-state index in [1.807, 2.05) is 12.1 Å². The third kappa shape index (κ3) is 2.46. The summed E-state index contributed by atoms with van der Waals surface area (Å²) in [7, 11) is 1.62. The van der Waals surface area contributed by atoms with Gasteiger partial charge in [0.1, 0.15) is 18.5 Å². The molecule has 0 aromatic heterocycles. The smallest absolute Gasteiger partial charge is 0.165 e. The molecule has 84 valence electrons. The van der Waals surface area contributed by atoms with Crippen LogP contribution in [0.4, 0.5) is 0 Å². The summed E-state index contributed by atoms with van der Waals surface area (Å²) in [5.41, 5.74) is 5.49. The fourth-order valence-electron chi connectivity index (χ4n) is 1.34. The van der Waals surface area contributed by atoms with Crippen LogP contribution < -0.4 is 19.9 Å². The van der Waals surface area contributed by atoms with Crippen LogP contribution in [0.5, 0.6) is 17.2 Å². The normalized spacial score (nSPS) is 17.9. The molecule has 15 heavy (non-hydrogen) atoms. The Bertz CT molecular complexity index is 332. The zero-order chi connectivity index (χ0) is 9.97. The molecule has 0 saturated heterocycles. The lowest BCUT2D eigenvalue weighted by Crippen LogP contribution is -2.35. The maximum absolute atomic E-state index is 5.59. The highest BCUT2D eigenvalue weighted by Gasteiger charge is 2.19. The highest BCUT2D eigenvalue weighted by atomic mass is 35.5. The Hall–Kier alpha value is -1.13. The number of methoxy groups -OCH3 is 1. The van der Waals surface area contributed by atoms with Crippen LogP contribution in [0.1, 0.15) is 0 Å². The van der Waals surface area contributed by atoms with Crippen LogP contribution in [0.2, 0.25) is 0 Å². The molecule has 1 atom stereocenters.